The van der Waals surface area contributed by atoms with E-state index in [4.69, 9.17) is 18.8 Å². The fourth-order valence-corrected chi connectivity index (χ4v) is 5.09. The fraction of sp³-hybridized carbons (Fsp3) is 0.500. The number of pyridine rings is 2. The molecule has 7 rings (SSSR count). The molecule has 4 aromatic heterocycles. The van der Waals surface area contributed by atoms with E-state index in [1.165, 1.54) is 11.1 Å². The standard InChI is InChI=1S/C17H24BN3O3.C11H13N3O/c1-16(2)17(3,4)24-18(23-16)14-11-20-15-13(14)9-12(10-19-15)21-5-7-22-8-6-21;1-2-12-11-9(1)7-10(8-13-11)14-3-5-15-6-4-14/h9-11H,5-8H2,1-4H3,(H,19,20);1-2,7-8H,3-6H2,(H,12,13). The number of aromatic amines is 2. The number of hydrogen-bond donors (Lipinski definition) is 2. The average molecular weight is 532 g/mol. The number of fused-ring (bicyclic) bond motifs is 2. The molecule has 3 aliphatic heterocycles. The Hall–Kier alpha value is -3.12. The number of hydrogen-bond acceptors (Lipinski definition) is 8. The zero-order valence-electron chi connectivity index (χ0n) is 23.2. The number of nitrogens with one attached hydrogen (secondary N) is 2. The molecule has 0 bridgehead atoms. The lowest BCUT2D eigenvalue weighted by molar-refractivity contribution is 0.00578. The van der Waals surface area contributed by atoms with Crippen molar-refractivity contribution < 1.29 is 18.8 Å². The Morgan fingerprint density at radius 1 is 0.769 bits per heavy atom. The van der Waals surface area contributed by atoms with Crippen LogP contribution in [0.25, 0.3) is 22.1 Å². The minimum Gasteiger partial charge on any atom is -0.399 e. The third-order valence-corrected chi connectivity index (χ3v) is 8.19. The van der Waals surface area contributed by atoms with E-state index in [1.54, 1.807) is 0 Å². The van der Waals surface area contributed by atoms with Gasteiger partial charge >= 0.3 is 7.12 Å². The summed E-state index contributed by atoms with van der Waals surface area (Å²) in [6, 6.07) is 6.39. The molecule has 11 heteroatoms. The summed E-state index contributed by atoms with van der Waals surface area (Å²) in [5.74, 6) is 0. The number of H-pyrrole nitrogens is 2. The minimum atomic E-state index is -0.384. The molecule has 0 saturated carbocycles. The Balaban J connectivity index is 0.000000158. The Bertz CT molecular complexity index is 1410. The van der Waals surface area contributed by atoms with Crippen molar-refractivity contribution in [2.75, 3.05) is 62.4 Å². The first-order valence-corrected chi connectivity index (χ1v) is 13.7. The molecular weight excluding hydrogens is 495 g/mol. The van der Waals surface area contributed by atoms with Crippen LogP contribution in [0.15, 0.2) is 43.0 Å². The molecule has 2 N–H and O–H groups in total. The molecule has 0 unspecified atom stereocenters. The summed E-state index contributed by atoms with van der Waals surface area (Å²) >= 11 is 0. The minimum absolute atomic E-state index is 0.351. The van der Waals surface area contributed by atoms with Crippen molar-refractivity contribution in [2.24, 2.45) is 0 Å². The van der Waals surface area contributed by atoms with Crippen LogP contribution in [-0.2, 0) is 18.8 Å². The first kappa shape index (κ1) is 26.1. The number of morpholine rings is 2. The highest BCUT2D eigenvalue weighted by Gasteiger charge is 2.52. The van der Waals surface area contributed by atoms with E-state index in [2.05, 4.69) is 69.6 Å². The van der Waals surface area contributed by atoms with Crippen LogP contribution in [0.1, 0.15) is 27.7 Å². The van der Waals surface area contributed by atoms with Crippen molar-refractivity contribution in [1.29, 1.82) is 0 Å². The highest BCUT2D eigenvalue weighted by atomic mass is 16.7. The predicted molar refractivity (Wildman–Crippen MR) is 154 cm³/mol. The molecule has 0 atom stereocenters. The van der Waals surface area contributed by atoms with Gasteiger partial charge in [-0.2, -0.15) is 0 Å². The Morgan fingerprint density at radius 3 is 1.95 bits per heavy atom. The van der Waals surface area contributed by atoms with Gasteiger partial charge in [-0.05, 0) is 45.9 Å². The van der Waals surface area contributed by atoms with Gasteiger partial charge < -0.3 is 38.6 Å². The molecule has 0 aromatic carbocycles. The van der Waals surface area contributed by atoms with Crippen LogP contribution in [-0.4, -0.2) is 90.9 Å². The number of nitrogens with zero attached hydrogens (tertiary/aromatic N) is 4. The smallest absolute Gasteiger partial charge is 0.399 e. The van der Waals surface area contributed by atoms with Crippen molar-refractivity contribution in [3.05, 3.63) is 43.0 Å². The second-order valence-corrected chi connectivity index (χ2v) is 11.2. The van der Waals surface area contributed by atoms with Gasteiger partial charge in [-0.25, -0.2) is 9.97 Å². The Labute approximate surface area is 229 Å². The number of aromatic nitrogens is 4. The van der Waals surface area contributed by atoms with Crippen LogP contribution >= 0.6 is 0 Å². The average Bonchev–Trinajstić information content (AvgIpc) is 3.65. The molecule has 3 saturated heterocycles. The van der Waals surface area contributed by atoms with Crippen LogP contribution in [0.2, 0.25) is 0 Å². The fourth-order valence-electron chi connectivity index (χ4n) is 5.09. The largest absolute Gasteiger partial charge is 0.497 e. The maximum Gasteiger partial charge on any atom is 0.497 e. The first-order valence-electron chi connectivity index (χ1n) is 13.7. The molecular formula is C28H37BN6O4. The molecule has 39 heavy (non-hydrogen) atoms. The van der Waals surface area contributed by atoms with E-state index in [0.717, 1.165) is 80.4 Å². The molecule has 0 spiro atoms. The van der Waals surface area contributed by atoms with E-state index in [1.807, 2.05) is 30.9 Å². The lowest BCUT2D eigenvalue weighted by atomic mass is 9.79. The van der Waals surface area contributed by atoms with Gasteiger partial charge in [-0.1, -0.05) is 0 Å². The van der Waals surface area contributed by atoms with E-state index in [9.17, 15) is 0 Å². The monoisotopic (exact) mass is 532 g/mol. The highest BCUT2D eigenvalue weighted by Crippen LogP contribution is 2.37. The number of rotatable bonds is 3. The van der Waals surface area contributed by atoms with Gasteiger partial charge in [0.25, 0.3) is 0 Å². The van der Waals surface area contributed by atoms with Crippen LogP contribution in [0.5, 0.6) is 0 Å². The predicted octanol–water partition coefficient (Wildman–Crippen LogP) is 3.10. The van der Waals surface area contributed by atoms with E-state index >= 15 is 0 Å². The van der Waals surface area contributed by atoms with Gasteiger partial charge in [0.1, 0.15) is 11.3 Å². The van der Waals surface area contributed by atoms with Crippen molar-refractivity contribution in [3.63, 3.8) is 0 Å². The number of ether oxygens (including phenoxy) is 2. The SMILES string of the molecule is CC1(C)OB(c2c[nH]c3ncc(N4CCOCC4)cc23)OC1(C)C.c1cc2cc(N3CCOCC3)cnc2[nH]1. The summed E-state index contributed by atoms with van der Waals surface area (Å²) < 4.78 is 23.2. The van der Waals surface area contributed by atoms with Crippen LogP contribution in [0.3, 0.4) is 0 Å². The van der Waals surface area contributed by atoms with Crippen molar-refractivity contribution in [3.8, 4) is 0 Å². The summed E-state index contributed by atoms with van der Waals surface area (Å²) in [5.41, 5.74) is 4.41. The van der Waals surface area contributed by atoms with Gasteiger partial charge in [-0.3, -0.25) is 0 Å². The molecule has 3 aliphatic rings. The lowest BCUT2D eigenvalue weighted by Gasteiger charge is -2.32. The summed E-state index contributed by atoms with van der Waals surface area (Å²) in [6.45, 7) is 15.1. The van der Waals surface area contributed by atoms with Gasteiger partial charge in [0.05, 0.1) is 61.4 Å². The second kappa shape index (κ2) is 10.5. The highest BCUT2D eigenvalue weighted by molar-refractivity contribution is 6.65. The van der Waals surface area contributed by atoms with Gasteiger partial charge in [0.2, 0.25) is 0 Å². The van der Waals surface area contributed by atoms with Crippen molar-refractivity contribution in [1.82, 2.24) is 19.9 Å². The molecule has 0 amide bonds. The molecule has 4 aromatic rings. The Morgan fingerprint density at radius 2 is 1.33 bits per heavy atom. The quantitative estimate of drug-likeness (QED) is 0.389. The zero-order valence-corrected chi connectivity index (χ0v) is 23.2. The second-order valence-electron chi connectivity index (χ2n) is 11.2. The van der Waals surface area contributed by atoms with Gasteiger partial charge in [-0.15, -0.1) is 0 Å². The van der Waals surface area contributed by atoms with Gasteiger partial charge in [0, 0.05) is 54.8 Å². The normalized spacial score (nSPS) is 20.9. The first-order chi connectivity index (χ1) is 18.8. The molecule has 10 nitrogen and oxygen atoms in total. The van der Waals surface area contributed by atoms with Gasteiger partial charge in [0.15, 0.2) is 0 Å². The maximum absolute atomic E-state index is 6.20. The summed E-state index contributed by atoms with van der Waals surface area (Å²) in [7, 11) is -0.384. The van der Waals surface area contributed by atoms with Crippen molar-refractivity contribution in [2.45, 2.75) is 38.9 Å². The molecule has 0 aliphatic carbocycles. The topological polar surface area (TPSA) is 101 Å². The Kier molecular flexibility index (Phi) is 7.01. The molecule has 206 valence electrons. The summed E-state index contributed by atoms with van der Waals surface area (Å²) in [4.78, 5) is 19.9. The van der Waals surface area contributed by atoms with Crippen LogP contribution < -0.4 is 15.3 Å². The third-order valence-electron chi connectivity index (χ3n) is 8.19. The van der Waals surface area contributed by atoms with E-state index in [0.29, 0.717) is 0 Å². The van der Waals surface area contributed by atoms with Crippen LogP contribution in [0, 0.1) is 0 Å². The maximum atomic E-state index is 6.20. The van der Waals surface area contributed by atoms with Crippen LogP contribution in [0.4, 0.5) is 11.4 Å². The zero-order chi connectivity index (χ0) is 27.0. The molecule has 3 fully saturated rings. The van der Waals surface area contributed by atoms with E-state index < -0.39 is 0 Å². The third kappa shape index (κ3) is 5.24. The lowest BCUT2D eigenvalue weighted by Crippen LogP contribution is -2.41. The molecule has 7 heterocycles. The summed E-state index contributed by atoms with van der Waals surface area (Å²) in [6.07, 6.45) is 7.70. The summed E-state index contributed by atoms with van der Waals surface area (Å²) in [5, 5.41) is 2.22. The molecule has 0 radical (unpaired) electrons. The van der Waals surface area contributed by atoms with Crippen molar-refractivity contribution >= 4 is 46.0 Å². The van der Waals surface area contributed by atoms with E-state index in [-0.39, 0.29) is 18.3 Å². The number of anilines is 2.